The van der Waals surface area contributed by atoms with Gasteiger partial charge in [-0.25, -0.2) is 9.59 Å². The van der Waals surface area contributed by atoms with Crippen LogP contribution in [0.4, 0.5) is 38.0 Å². The van der Waals surface area contributed by atoms with Crippen LogP contribution < -0.4 is 19.6 Å². The Kier molecular flexibility index (Phi) is 18.8. The Labute approximate surface area is 589 Å². The Balaban J connectivity index is 0.000000199. The number of carbonyl (C=O) groups excluding carboxylic acids is 6. The Morgan fingerprint density at radius 2 is 0.633 bits per heavy atom. The zero-order chi connectivity index (χ0) is 71.2. The average molecular weight is 1380 g/mol. The number of hydrogen-bond acceptors (Lipinski definition) is 11. The van der Waals surface area contributed by atoms with Crippen LogP contribution in [0.1, 0.15) is 131 Å². The van der Waals surface area contributed by atoms with Gasteiger partial charge >= 0.3 is 12.1 Å². The standard InChI is InChI=1S/C39H42Cl2N4O3.C39H42ClN7O3/c1-9-44-29-17-15-25(40)21-27(29)38(3,4)31(44)19-13-23-11-12-24(33(23)34-35(46)42(7)37(48)43(8)36(34)47)14-20-32-39(5,6)28-22-26(41)16-18-30(28)45(32)10-2;1-9-46-29-17-15-25(40)21-27(29)38(3,4)31(46)19-13-23-11-12-24(33(23)34-35(48)44(7)37(50)45(8)36(34)49)14-20-32-39(5,6)28-22-26(42-43-41)16-18-30(28)47(32)10-2/h13-22H,9-12H2,1-8H3;13-22H,9-12H2,1-8H3/b2*23-13-,24-14+,31-19+,32-20+. The minimum Gasteiger partial charge on any atom is -0.344 e. The van der Waals surface area contributed by atoms with Gasteiger partial charge in [0.05, 0.1) is 0 Å². The second-order valence-electron chi connectivity index (χ2n) is 27.8. The molecule has 0 spiro atoms. The van der Waals surface area contributed by atoms with Crippen LogP contribution in [-0.4, -0.2) is 110 Å². The van der Waals surface area contributed by atoms with Crippen LogP contribution in [0.2, 0.25) is 15.1 Å². The molecule has 4 aromatic carbocycles. The van der Waals surface area contributed by atoms with Gasteiger partial charge < -0.3 is 19.6 Å². The summed E-state index contributed by atoms with van der Waals surface area (Å²) in [5, 5.41) is 5.90. The number of rotatable bonds is 9. The summed E-state index contributed by atoms with van der Waals surface area (Å²) in [7, 11) is 5.66. The SMILES string of the molecule is CCN1/C(=C/C=C2/CC/C(=C\C=C3\N(CC)c4ccc(Cl)cc4C3(C)C)C2=C2C(=O)N(C)C(=O)N(C)C2=O)C(C)(C)c2cc(Cl)ccc21.CCN1/C(=C/C=C2/CC/C(=C\C=C3\N(CC)c4ccc(N=[N+]=[N-])cc4C3(C)C)C2=C2C(=O)N(C)C(=O)N(C)C2=O)C(C)(C)c2cc(Cl)ccc21. The molecule has 17 nitrogen and oxygen atoms in total. The maximum Gasteiger partial charge on any atom is 0.333 e. The molecule has 0 unspecified atom stereocenters. The molecule has 0 radical (unpaired) electrons. The van der Waals surface area contributed by atoms with Crippen molar-refractivity contribution < 1.29 is 28.8 Å². The van der Waals surface area contributed by atoms with Crippen LogP contribution in [-0.2, 0) is 40.8 Å². The van der Waals surface area contributed by atoms with E-state index < -0.39 is 41.1 Å². The number of allylic oxidation sites excluding steroid dienone is 18. The number of carbonyl (C=O) groups is 6. The van der Waals surface area contributed by atoms with E-state index in [-0.39, 0.29) is 27.4 Å². The number of hydrogen-bond donors (Lipinski definition) is 0. The summed E-state index contributed by atoms with van der Waals surface area (Å²) in [4.78, 5) is 96.5. The molecule has 12 rings (SSSR count). The van der Waals surface area contributed by atoms with Gasteiger partial charge in [-0.1, -0.05) is 126 Å². The van der Waals surface area contributed by atoms with E-state index in [0.717, 1.165) is 129 Å². The number of fused-ring (bicyclic) bond motifs is 4. The number of imide groups is 4. The number of amides is 8. The van der Waals surface area contributed by atoms with Crippen molar-refractivity contribution in [3.63, 3.8) is 0 Å². The first-order valence-electron chi connectivity index (χ1n) is 33.4. The molecule has 6 heterocycles. The lowest BCUT2D eigenvalue weighted by atomic mass is 9.83. The zero-order valence-electron chi connectivity index (χ0n) is 58.7. The maximum atomic E-state index is 13.8. The minimum absolute atomic E-state index is 0.00480. The molecule has 98 heavy (non-hydrogen) atoms. The molecule has 0 aromatic heterocycles. The first kappa shape index (κ1) is 70.2. The highest BCUT2D eigenvalue weighted by Crippen LogP contribution is 2.54. The van der Waals surface area contributed by atoms with Crippen molar-refractivity contribution in [2.24, 2.45) is 5.11 Å². The van der Waals surface area contributed by atoms with Gasteiger partial charge in [-0.05, 0) is 206 Å². The third-order valence-corrected chi connectivity index (χ3v) is 21.7. The van der Waals surface area contributed by atoms with Gasteiger partial charge in [-0.2, -0.15) is 0 Å². The monoisotopic (exact) mass is 1380 g/mol. The summed E-state index contributed by atoms with van der Waals surface area (Å²) in [6.45, 7) is 28.8. The van der Waals surface area contributed by atoms with Crippen molar-refractivity contribution in [1.29, 1.82) is 0 Å². The van der Waals surface area contributed by atoms with Crippen molar-refractivity contribution in [3.05, 3.63) is 237 Å². The molecule has 8 amide bonds. The molecule has 2 aliphatic carbocycles. The number of urea groups is 2. The van der Waals surface area contributed by atoms with E-state index in [2.05, 4.69) is 167 Å². The van der Waals surface area contributed by atoms with Gasteiger partial charge in [0, 0.05) is 147 Å². The minimum atomic E-state index is -0.658. The fraction of sp³-hybridized carbons (Fsp3) is 0.359. The summed E-state index contributed by atoms with van der Waals surface area (Å²) in [6, 6.07) is 22.4. The van der Waals surface area contributed by atoms with Gasteiger partial charge in [0.15, 0.2) is 0 Å². The molecule has 20 heteroatoms. The van der Waals surface area contributed by atoms with Crippen LogP contribution in [0.25, 0.3) is 10.4 Å². The van der Waals surface area contributed by atoms with Gasteiger partial charge in [-0.15, -0.1) is 0 Å². The fourth-order valence-electron chi connectivity index (χ4n) is 15.6. The van der Waals surface area contributed by atoms with Crippen molar-refractivity contribution in [1.82, 2.24) is 19.6 Å². The zero-order valence-corrected chi connectivity index (χ0v) is 61.0. The Morgan fingerprint density at radius 3 is 0.878 bits per heavy atom. The molecule has 4 aromatic rings. The summed E-state index contributed by atoms with van der Waals surface area (Å²) in [5.41, 5.74) is 26.1. The molecule has 8 aliphatic rings. The smallest absolute Gasteiger partial charge is 0.333 e. The van der Waals surface area contributed by atoms with Gasteiger partial charge in [0.1, 0.15) is 11.1 Å². The Hall–Kier alpha value is -9.12. The third-order valence-electron chi connectivity index (χ3n) is 21.0. The number of barbiturate groups is 2. The lowest BCUT2D eigenvalue weighted by Crippen LogP contribution is -2.53. The molecule has 0 N–H and O–H groups in total. The van der Waals surface area contributed by atoms with E-state index in [4.69, 9.17) is 40.3 Å². The predicted molar refractivity (Wildman–Crippen MR) is 393 cm³/mol. The maximum absolute atomic E-state index is 13.8. The van der Waals surface area contributed by atoms with Crippen LogP contribution in [0, 0.1) is 0 Å². The van der Waals surface area contributed by atoms with Gasteiger partial charge in [-0.3, -0.25) is 38.8 Å². The number of azide groups is 1. The van der Waals surface area contributed by atoms with Crippen LogP contribution in [0.15, 0.2) is 194 Å². The molecular weight excluding hydrogens is 1290 g/mol. The Morgan fingerprint density at radius 1 is 0.388 bits per heavy atom. The second-order valence-corrected chi connectivity index (χ2v) is 29.2. The lowest BCUT2D eigenvalue weighted by Gasteiger charge is -2.30. The number of nitrogens with zero attached hydrogens (tertiary/aromatic N) is 11. The molecule has 508 valence electrons. The summed E-state index contributed by atoms with van der Waals surface area (Å²) in [5.74, 6) is -2.40. The van der Waals surface area contributed by atoms with Crippen molar-refractivity contribution in [3.8, 4) is 0 Å². The quantitative estimate of drug-likeness (QED) is 0.0515. The van der Waals surface area contributed by atoms with E-state index in [1.807, 2.05) is 66.7 Å². The highest BCUT2D eigenvalue weighted by Gasteiger charge is 2.47. The average Bonchev–Trinajstić information content (AvgIpc) is 1.68. The van der Waals surface area contributed by atoms with E-state index >= 15 is 0 Å². The van der Waals surface area contributed by atoms with E-state index in [1.165, 1.54) is 28.2 Å². The molecule has 0 atom stereocenters. The Bertz CT molecular complexity index is 4400. The summed E-state index contributed by atoms with van der Waals surface area (Å²) < 4.78 is 0. The fourth-order valence-corrected chi connectivity index (χ4v) is 16.2. The van der Waals surface area contributed by atoms with Crippen molar-refractivity contribution in [2.45, 2.75) is 130 Å². The third kappa shape index (κ3) is 11.5. The molecule has 6 aliphatic heterocycles. The van der Waals surface area contributed by atoms with Crippen molar-refractivity contribution in [2.75, 3.05) is 74.0 Å². The normalized spacial score (nSPS) is 23.2. The van der Waals surface area contributed by atoms with E-state index in [9.17, 15) is 28.8 Å². The lowest BCUT2D eigenvalue weighted by molar-refractivity contribution is -0.136. The molecule has 2 saturated heterocycles. The summed E-state index contributed by atoms with van der Waals surface area (Å²) in [6.07, 6.45) is 19.1. The first-order valence-corrected chi connectivity index (χ1v) is 34.5. The molecule has 2 saturated carbocycles. The number of benzene rings is 4. The van der Waals surface area contributed by atoms with Crippen molar-refractivity contribution >= 4 is 98.9 Å². The number of anilines is 4. The summed E-state index contributed by atoms with van der Waals surface area (Å²) >= 11 is 19.3. The predicted octanol–water partition coefficient (Wildman–Crippen LogP) is 17.7. The number of halogens is 3. The highest BCUT2D eigenvalue weighted by atomic mass is 35.5. The molecular formula is C78H84Cl3N11O6. The highest BCUT2D eigenvalue weighted by molar-refractivity contribution is 6.32. The van der Waals surface area contributed by atoms with Gasteiger partial charge in [0.25, 0.3) is 23.6 Å². The largest absolute Gasteiger partial charge is 0.344 e. The van der Waals surface area contributed by atoms with E-state index in [1.54, 1.807) is 0 Å². The molecule has 4 fully saturated rings. The topological polar surface area (TPSA) is 177 Å². The molecule has 0 bridgehead atoms. The van der Waals surface area contributed by atoms with E-state index in [0.29, 0.717) is 64.1 Å². The first-order chi connectivity index (χ1) is 46.3. The van der Waals surface area contributed by atoms with Gasteiger partial charge in [0.2, 0.25) is 0 Å². The number of likely N-dealkylation sites (N-methyl/N-ethyl adjacent to an activating group) is 8. The second kappa shape index (κ2) is 26.3. The van der Waals surface area contributed by atoms with Crippen LogP contribution >= 0.6 is 34.8 Å². The van der Waals surface area contributed by atoms with Crippen LogP contribution in [0.5, 0.6) is 0 Å². The van der Waals surface area contributed by atoms with Crippen LogP contribution in [0.3, 0.4) is 0 Å².